The highest BCUT2D eigenvalue weighted by Crippen LogP contribution is 2.48. The molecule has 0 amide bonds. The van der Waals surface area contributed by atoms with Crippen LogP contribution in [0.4, 0.5) is 17.1 Å². The molecule has 11 rings (SSSR count). The van der Waals surface area contributed by atoms with Crippen molar-refractivity contribution in [1.82, 2.24) is 0 Å². The lowest BCUT2D eigenvalue weighted by Gasteiger charge is -2.27. The number of para-hydroxylation sites is 1. The summed E-state index contributed by atoms with van der Waals surface area (Å²) in [5.74, 6) is 0. The Labute approximate surface area is 376 Å². The molecule has 0 radical (unpaired) electrons. The van der Waals surface area contributed by atoms with Crippen LogP contribution in [-0.4, -0.2) is 0 Å². The van der Waals surface area contributed by atoms with Gasteiger partial charge in [0.2, 0.25) is 0 Å². The van der Waals surface area contributed by atoms with Gasteiger partial charge in [0.15, 0.2) is 0 Å². The number of nitrogens with zero attached hydrogens (tertiary/aromatic N) is 1. The van der Waals surface area contributed by atoms with Crippen molar-refractivity contribution in [3.8, 4) is 66.8 Å². The van der Waals surface area contributed by atoms with Crippen LogP contribution in [0.15, 0.2) is 252 Å². The van der Waals surface area contributed by atoms with Crippen LogP contribution >= 0.6 is 15.9 Å². The molecule has 0 saturated carbocycles. The molecule has 1 aromatic heterocycles. The Morgan fingerprint density at radius 1 is 0.333 bits per heavy atom. The minimum atomic E-state index is 0.855. The van der Waals surface area contributed by atoms with Crippen molar-refractivity contribution >= 4 is 54.9 Å². The first-order chi connectivity index (χ1) is 31.2. The van der Waals surface area contributed by atoms with Crippen molar-refractivity contribution in [3.63, 3.8) is 0 Å². The maximum Gasteiger partial charge on any atom is 0.145 e. The third-order valence-electron chi connectivity index (χ3n) is 12.0. The van der Waals surface area contributed by atoms with E-state index in [2.05, 4.69) is 257 Å². The molecule has 0 N–H and O–H groups in total. The third-order valence-corrected chi connectivity index (χ3v) is 12.5. The lowest BCUT2D eigenvalue weighted by Crippen LogP contribution is -2.10. The average Bonchev–Trinajstić information content (AvgIpc) is 3.76. The van der Waals surface area contributed by atoms with Crippen molar-refractivity contribution < 1.29 is 4.42 Å². The van der Waals surface area contributed by atoms with E-state index in [1.54, 1.807) is 0 Å². The Bertz CT molecular complexity index is 3280. The lowest BCUT2D eigenvalue weighted by molar-refractivity contribution is 0.670. The van der Waals surface area contributed by atoms with Gasteiger partial charge in [0.05, 0.1) is 11.1 Å². The van der Waals surface area contributed by atoms with E-state index >= 15 is 0 Å². The summed E-state index contributed by atoms with van der Waals surface area (Å²) in [6, 6.07) is 86.8. The molecular formula is C60H40BrNO. The lowest BCUT2D eigenvalue weighted by atomic mass is 9.84. The molecule has 11 aromatic rings. The van der Waals surface area contributed by atoms with E-state index in [1.807, 2.05) is 6.07 Å². The molecule has 0 spiro atoms. The maximum atomic E-state index is 6.80. The van der Waals surface area contributed by atoms with E-state index in [9.17, 15) is 0 Å². The second kappa shape index (κ2) is 16.6. The predicted molar refractivity (Wildman–Crippen MR) is 269 cm³/mol. The SMILES string of the molecule is Brc1ccc(-c2ccc(N(c3ccc(-c4ccccc4)cc3)c3ccc(-c4c(-c5ccccc5)cc(-c5ccccc5)cc4-c4ccccc4)cc3)c3c2oc2ccccc23)cc1. The largest absolute Gasteiger partial charge is 0.455 e. The fourth-order valence-electron chi connectivity index (χ4n) is 8.93. The van der Waals surface area contributed by atoms with E-state index in [-0.39, 0.29) is 0 Å². The summed E-state index contributed by atoms with van der Waals surface area (Å²) in [7, 11) is 0. The summed E-state index contributed by atoms with van der Waals surface area (Å²) < 4.78 is 7.84. The molecule has 0 atom stereocenters. The van der Waals surface area contributed by atoms with Gasteiger partial charge in [0.25, 0.3) is 0 Å². The fraction of sp³-hybridized carbons (Fsp3) is 0. The quantitative estimate of drug-likeness (QED) is 0.144. The predicted octanol–water partition coefficient (Wildman–Crippen LogP) is 17.8. The van der Waals surface area contributed by atoms with Crippen molar-refractivity contribution in [3.05, 3.63) is 247 Å². The smallest absolute Gasteiger partial charge is 0.145 e. The van der Waals surface area contributed by atoms with Crippen LogP contribution in [0.25, 0.3) is 88.7 Å². The molecule has 0 bridgehead atoms. The van der Waals surface area contributed by atoms with Crippen LogP contribution in [0.5, 0.6) is 0 Å². The zero-order chi connectivity index (χ0) is 42.1. The van der Waals surface area contributed by atoms with Gasteiger partial charge in [-0.2, -0.15) is 0 Å². The molecule has 298 valence electrons. The van der Waals surface area contributed by atoms with E-state index < -0.39 is 0 Å². The van der Waals surface area contributed by atoms with Gasteiger partial charge in [0.1, 0.15) is 11.2 Å². The number of halogens is 1. The zero-order valence-electron chi connectivity index (χ0n) is 34.3. The van der Waals surface area contributed by atoms with E-state index in [0.29, 0.717) is 0 Å². The van der Waals surface area contributed by atoms with Gasteiger partial charge in [-0.1, -0.05) is 192 Å². The Kier molecular flexibility index (Phi) is 10.1. The first-order valence-corrected chi connectivity index (χ1v) is 22.1. The van der Waals surface area contributed by atoms with Crippen LogP contribution in [-0.2, 0) is 0 Å². The molecule has 0 unspecified atom stereocenters. The second-order valence-electron chi connectivity index (χ2n) is 15.8. The first kappa shape index (κ1) is 38.2. The summed E-state index contributed by atoms with van der Waals surface area (Å²) in [5.41, 5.74) is 18.8. The van der Waals surface area contributed by atoms with Gasteiger partial charge in [-0.25, -0.2) is 0 Å². The summed E-state index contributed by atoms with van der Waals surface area (Å²) in [6.45, 7) is 0. The van der Waals surface area contributed by atoms with E-state index in [4.69, 9.17) is 4.42 Å². The molecule has 10 aromatic carbocycles. The Morgan fingerprint density at radius 3 is 1.32 bits per heavy atom. The molecule has 63 heavy (non-hydrogen) atoms. The molecule has 0 saturated heterocycles. The van der Waals surface area contributed by atoms with Gasteiger partial charge in [-0.15, -0.1) is 0 Å². The minimum absolute atomic E-state index is 0.855. The van der Waals surface area contributed by atoms with Crippen LogP contribution in [0.2, 0.25) is 0 Å². The fourth-order valence-corrected chi connectivity index (χ4v) is 9.20. The van der Waals surface area contributed by atoms with Gasteiger partial charge in [-0.05, 0) is 128 Å². The number of rotatable bonds is 9. The average molecular weight is 871 g/mol. The van der Waals surface area contributed by atoms with Crippen molar-refractivity contribution in [1.29, 1.82) is 0 Å². The highest BCUT2D eigenvalue weighted by molar-refractivity contribution is 9.10. The summed E-state index contributed by atoms with van der Waals surface area (Å²) in [6.07, 6.45) is 0. The molecule has 3 heteroatoms. The standard InChI is InChI=1S/C60H40BrNO/c61-49-31-25-46(26-32-49)52-37-38-56(59-53-23-13-14-24-57(53)63-60(52)59)62(50-33-27-43(28-34-50)41-15-5-1-6-16-41)51-35-29-47(30-36-51)58-54(44-19-9-3-10-20-44)39-48(42-17-7-2-8-18-42)40-55(58)45-21-11-4-12-22-45/h1-40H. The maximum absolute atomic E-state index is 6.80. The molecule has 2 nitrogen and oxygen atoms in total. The molecule has 0 aliphatic carbocycles. The van der Waals surface area contributed by atoms with Crippen LogP contribution < -0.4 is 4.90 Å². The molecule has 0 aliphatic rings. The van der Waals surface area contributed by atoms with Gasteiger partial charge >= 0.3 is 0 Å². The van der Waals surface area contributed by atoms with Crippen molar-refractivity contribution in [2.75, 3.05) is 4.90 Å². The molecule has 1 heterocycles. The van der Waals surface area contributed by atoms with Crippen LogP contribution in [0.1, 0.15) is 0 Å². The zero-order valence-corrected chi connectivity index (χ0v) is 35.9. The first-order valence-electron chi connectivity index (χ1n) is 21.3. The Morgan fingerprint density at radius 2 is 0.762 bits per heavy atom. The molecule has 0 aliphatic heterocycles. The third kappa shape index (κ3) is 7.33. The second-order valence-corrected chi connectivity index (χ2v) is 16.7. The summed E-state index contributed by atoms with van der Waals surface area (Å²) in [5, 5.41) is 2.14. The Hall–Kier alpha value is -7.72. The number of anilines is 3. The normalized spacial score (nSPS) is 11.3. The molecular weight excluding hydrogens is 831 g/mol. The van der Waals surface area contributed by atoms with Gasteiger partial charge in [-0.3, -0.25) is 0 Å². The number of furan rings is 1. The van der Waals surface area contributed by atoms with Gasteiger partial charge < -0.3 is 9.32 Å². The highest BCUT2D eigenvalue weighted by atomic mass is 79.9. The number of hydrogen-bond donors (Lipinski definition) is 0. The van der Waals surface area contributed by atoms with Crippen LogP contribution in [0, 0.1) is 0 Å². The number of benzene rings is 10. The number of hydrogen-bond acceptors (Lipinski definition) is 2. The Balaban J connectivity index is 1.12. The van der Waals surface area contributed by atoms with Crippen molar-refractivity contribution in [2.45, 2.75) is 0 Å². The van der Waals surface area contributed by atoms with E-state index in [0.717, 1.165) is 60.2 Å². The van der Waals surface area contributed by atoms with Crippen LogP contribution in [0.3, 0.4) is 0 Å². The highest BCUT2D eigenvalue weighted by Gasteiger charge is 2.23. The summed E-state index contributed by atoms with van der Waals surface area (Å²) in [4.78, 5) is 2.38. The van der Waals surface area contributed by atoms with Gasteiger partial charge in [0, 0.05) is 26.8 Å². The monoisotopic (exact) mass is 869 g/mol. The van der Waals surface area contributed by atoms with Crippen molar-refractivity contribution in [2.24, 2.45) is 0 Å². The summed E-state index contributed by atoms with van der Waals surface area (Å²) >= 11 is 3.63. The number of fused-ring (bicyclic) bond motifs is 3. The minimum Gasteiger partial charge on any atom is -0.455 e. The molecule has 0 fully saturated rings. The topological polar surface area (TPSA) is 16.4 Å². The van der Waals surface area contributed by atoms with E-state index in [1.165, 1.54) is 50.1 Å².